The number of carbonyl (C=O) groups excluding carboxylic acids is 1. The third kappa shape index (κ3) is 2.90. The number of thiophene rings is 1. The Bertz CT molecular complexity index is 606. The van der Waals surface area contributed by atoms with Gasteiger partial charge in [0.05, 0.1) is 4.88 Å². The molecule has 4 heteroatoms. The third-order valence-electron chi connectivity index (χ3n) is 3.76. The Hall–Kier alpha value is -1.68. The molecule has 104 valence electrons. The van der Waals surface area contributed by atoms with Crippen LogP contribution in [0.4, 0.5) is 0 Å². The van der Waals surface area contributed by atoms with Crippen molar-refractivity contribution in [1.29, 1.82) is 0 Å². The fraction of sp³-hybridized carbons (Fsp3) is 0.375. The molecule has 0 spiro atoms. The van der Waals surface area contributed by atoms with E-state index in [1.807, 2.05) is 12.1 Å². The van der Waals surface area contributed by atoms with E-state index in [-0.39, 0.29) is 5.91 Å². The molecule has 0 unspecified atom stereocenters. The Morgan fingerprint density at radius 2 is 2.25 bits per heavy atom. The second kappa shape index (κ2) is 5.75. The van der Waals surface area contributed by atoms with E-state index in [2.05, 4.69) is 23.3 Å². The summed E-state index contributed by atoms with van der Waals surface area (Å²) in [6.45, 7) is 2.84. The zero-order chi connectivity index (χ0) is 13.9. The van der Waals surface area contributed by atoms with E-state index >= 15 is 0 Å². The maximum absolute atomic E-state index is 12.2. The summed E-state index contributed by atoms with van der Waals surface area (Å²) in [6.07, 6.45) is 6.97. The van der Waals surface area contributed by atoms with Crippen LogP contribution in [-0.2, 0) is 19.4 Å². The van der Waals surface area contributed by atoms with Gasteiger partial charge in [0.15, 0.2) is 0 Å². The highest BCUT2D eigenvalue weighted by Crippen LogP contribution is 2.32. The Balaban J connectivity index is 1.66. The molecule has 0 radical (unpaired) electrons. The Labute approximate surface area is 123 Å². The molecule has 1 aliphatic carbocycles. The normalized spacial score (nSPS) is 17.6. The van der Waals surface area contributed by atoms with Crippen molar-refractivity contribution >= 4 is 17.2 Å². The van der Waals surface area contributed by atoms with E-state index < -0.39 is 0 Å². The maximum Gasteiger partial charge on any atom is 0.261 e. The van der Waals surface area contributed by atoms with Gasteiger partial charge in [-0.3, -0.25) is 9.78 Å². The molecule has 1 N–H and O–H groups in total. The van der Waals surface area contributed by atoms with Crippen molar-refractivity contribution in [3.05, 3.63) is 51.5 Å². The molecule has 2 aromatic rings. The highest BCUT2D eigenvalue weighted by Gasteiger charge is 2.20. The quantitative estimate of drug-likeness (QED) is 0.941. The predicted octanol–water partition coefficient (Wildman–Crippen LogP) is 3.20. The lowest BCUT2D eigenvalue weighted by atomic mass is 9.90. The number of nitrogens with one attached hydrogen (secondary N) is 1. The molecule has 3 nitrogen and oxygen atoms in total. The molecule has 3 rings (SSSR count). The number of pyridine rings is 1. The molecule has 0 aliphatic heterocycles. The zero-order valence-electron chi connectivity index (χ0n) is 11.6. The first-order valence-electron chi connectivity index (χ1n) is 7.01. The number of amides is 1. The topological polar surface area (TPSA) is 42.0 Å². The van der Waals surface area contributed by atoms with Crippen LogP contribution in [0.15, 0.2) is 30.6 Å². The number of fused-ring (bicyclic) bond motifs is 1. The van der Waals surface area contributed by atoms with Crippen LogP contribution in [0.5, 0.6) is 0 Å². The van der Waals surface area contributed by atoms with E-state index in [0.717, 1.165) is 29.2 Å². The van der Waals surface area contributed by atoms with Crippen LogP contribution in [-0.4, -0.2) is 10.9 Å². The first-order valence-corrected chi connectivity index (χ1v) is 7.82. The molecule has 0 bridgehead atoms. The first kappa shape index (κ1) is 13.3. The Morgan fingerprint density at radius 3 is 3.05 bits per heavy atom. The summed E-state index contributed by atoms with van der Waals surface area (Å²) in [5, 5.41) is 2.98. The van der Waals surface area contributed by atoms with E-state index in [1.54, 1.807) is 23.7 Å². The highest BCUT2D eigenvalue weighted by molar-refractivity contribution is 7.14. The monoisotopic (exact) mass is 286 g/mol. The van der Waals surface area contributed by atoms with E-state index in [4.69, 9.17) is 0 Å². The second-order valence-corrected chi connectivity index (χ2v) is 6.58. The fourth-order valence-corrected chi connectivity index (χ4v) is 3.71. The number of carbonyl (C=O) groups is 1. The molecule has 0 fully saturated rings. The summed E-state index contributed by atoms with van der Waals surface area (Å²) in [5.74, 6) is 0.777. The molecule has 0 aromatic carbocycles. The highest BCUT2D eigenvalue weighted by atomic mass is 32.1. The van der Waals surface area contributed by atoms with Crippen molar-refractivity contribution in [2.45, 2.75) is 32.7 Å². The molecule has 0 saturated heterocycles. The van der Waals surface area contributed by atoms with Gasteiger partial charge in [0.25, 0.3) is 5.91 Å². The number of hydrogen-bond donors (Lipinski definition) is 1. The molecule has 2 aromatic heterocycles. The van der Waals surface area contributed by atoms with Crippen LogP contribution in [0.1, 0.15) is 39.0 Å². The Morgan fingerprint density at radius 1 is 1.45 bits per heavy atom. The van der Waals surface area contributed by atoms with Crippen LogP contribution < -0.4 is 5.32 Å². The minimum Gasteiger partial charge on any atom is -0.347 e. The number of aryl methyl sites for hydroxylation is 1. The van der Waals surface area contributed by atoms with Crippen LogP contribution in [0.2, 0.25) is 0 Å². The minimum atomic E-state index is 0.0360. The van der Waals surface area contributed by atoms with Gasteiger partial charge in [0.2, 0.25) is 0 Å². The molecular weight excluding hydrogens is 268 g/mol. The van der Waals surface area contributed by atoms with Crippen LogP contribution in [0.3, 0.4) is 0 Å². The summed E-state index contributed by atoms with van der Waals surface area (Å²) in [5.41, 5.74) is 2.45. The van der Waals surface area contributed by atoms with Gasteiger partial charge in [-0.15, -0.1) is 11.3 Å². The van der Waals surface area contributed by atoms with Gasteiger partial charge in [-0.2, -0.15) is 0 Å². The second-order valence-electron chi connectivity index (χ2n) is 5.45. The molecule has 2 heterocycles. The van der Waals surface area contributed by atoms with Gasteiger partial charge in [-0.05, 0) is 54.5 Å². The van der Waals surface area contributed by atoms with E-state index in [1.165, 1.54) is 16.9 Å². The summed E-state index contributed by atoms with van der Waals surface area (Å²) in [7, 11) is 0. The summed E-state index contributed by atoms with van der Waals surface area (Å²) < 4.78 is 0. The van der Waals surface area contributed by atoms with Gasteiger partial charge < -0.3 is 5.32 Å². The summed E-state index contributed by atoms with van der Waals surface area (Å²) in [6, 6.07) is 5.92. The molecule has 1 aliphatic rings. The van der Waals surface area contributed by atoms with Crippen molar-refractivity contribution in [3.8, 4) is 0 Å². The van der Waals surface area contributed by atoms with Crippen molar-refractivity contribution in [3.63, 3.8) is 0 Å². The fourth-order valence-electron chi connectivity index (χ4n) is 2.59. The van der Waals surface area contributed by atoms with Gasteiger partial charge in [-0.1, -0.05) is 6.92 Å². The van der Waals surface area contributed by atoms with Crippen molar-refractivity contribution in [2.24, 2.45) is 5.92 Å². The van der Waals surface area contributed by atoms with Crippen LogP contribution in [0, 0.1) is 5.92 Å². The number of aromatic nitrogens is 1. The van der Waals surface area contributed by atoms with E-state index in [9.17, 15) is 4.79 Å². The van der Waals surface area contributed by atoms with Gasteiger partial charge in [-0.25, -0.2) is 0 Å². The largest absolute Gasteiger partial charge is 0.347 e. The van der Waals surface area contributed by atoms with Crippen molar-refractivity contribution < 1.29 is 4.79 Å². The predicted molar refractivity (Wildman–Crippen MR) is 80.9 cm³/mol. The minimum absolute atomic E-state index is 0.0360. The summed E-state index contributed by atoms with van der Waals surface area (Å²) >= 11 is 1.66. The molecule has 0 saturated carbocycles. The molecular formula is C16H18N2OS. The molecule has 1 amide bonds. The smallest absolute Gasteiger partial charge is 0.261 e. The lowest BCUT2D eigenvalue weighted by molar-refractivity contribution is 0.0955. The summed E-state index contributed by atoms with van der Waals surface area (Å²) in [4.78, 5) is 18.4. The lowest BCUT2D eigenvalue weighted by Gasteiger charge is -2.16. The SMILES string of the molecule is C[C@@H]1CCc2sc(C(=O)NCc3ccncc3)cc2C1. The first-order chi connectivity index (χ1) is 9.72. The number of rotatable bonds is 3. The van der Waals surface area contributed by atoms with Crippen LogP contribution in [0.25, 0.3) is 0 Å². The Kier molecular flexibility index (Phi) is 3.83. The maximum atomic E-state index is 12.2. The zero-order valence-corrected chi connectivity index (χ0v) is 12.4. The number of nitrogens with zero attached hydrogens (tertiary/aromatic N) is 1. The molecule has 1 atom stereocenters. The van der Waals surface area contributed by atoms with Gasteiger partial charge in [0, 0.05) is 23.8 Å². The van der Waals surface area contributed by atoms with E-state index in [0.29, 0.717) is 6.54 Å². The van der Waals surface area contributed by atoms with Crippen molar-refractivity contribution in [2.75, 3.05) is 0 Å². The average molecular weight is 286 g/mol. The average Bonchev–Trinajstić information content (AvgIpc) is 2.89. The third-order valence-corrected chi connectivity index (χ3v) is 4.99. The standard InChI is InChI=1S/C16H18N2OS/c1-11-2-3-14-13(8-11)9-15(20-14)16(19)18-10-12-4-6-17-7-5-12/h4-7,9,11H,2-3,8,10H2,1H3,(H,18,19)/t11-/m1/s1. The number of hydrogen-bond acceptors (Lipinski definition) is 3. The molecule has 20 heavy (non-hydrogen) atoms. The lowest BCUT2D eigenvalue weighted by Crippen LogP contribution is -2.21. The van der Waals surface area contributed by atoms with Crippen LogP contribution >= 0.6 is 11.3 Å². The van der Waals surface area contributed by atoms with Gasteiger partial charge in [0.1, 0.15) is 0 Å². The van der Waals surface area contributed by atoms with Crippen molar-refractivity contribution in [1.82, 2.24) is 10.3 Å². The van der Waals surface area contributed by atoms with Gasteiger partial charge >= 0.3 is 0 Å².